The first-order valence-corrected chi connectivity index (χ1v) is 5.38. The summed E-state index contributed by atoms with van der Waals surface area (Å²) in [6.07, 6.45) is -4.68. The minimum absolute atomic E-state index is 0.216. The molecule has 0 bridgehead atoms. The van der Waals surface area contributed by atoms with E-state index in [1.54, 1.807) is 25.6 Å². The Balaban J connectivity index is 2.39. The largest absolute Gasteiger partial charge is 0.471 e. The van der Waals surface area contributed by atoms with Crippen LogP contribution >= 0.6 is 0 Å². The average Bonchev–Trinajstić information content (AvgIpc) is 2.84. The van der Waals surface area contributed by atoms with Crippen LogP contribution in [0.4, 0.5) is 13.2 Å². The van der Waals surface area contributed by atoms with E-state index in [4.69, 9.17) is 5.73 Å². The zero-order chi connectivity index (χ0) is 14.4. The van der Waals surface area contributed by atoms with Crippen molar-refractivity contribution in [3.63, 3.8) is 0 Å². The number of aromatic nitrogens is 4. The molecule has 19 heavy (non-hydrogen) atoms. The molecular weight excluding hydrogens is 263 g/mol. The third-order valence-corrected chi connectivity index (χ3v) is 2.84. The van der Waals surface area contributed by atoms with E-state index in [0.29, 0.717) is 11.3 Å². The van der Waals surface area contributed by atoms with Gasteiger partial charge in [0.05, 0.1) is 11.7 Å². The van der Waals surface area contributed by atoms with Gasteiger partial charge in [0.25, 0.3) is 0 Å². The first kappa shape index (κ1) is 13.5. The van der Waals surface area contributed by atoms with Crippen LogP contribution in [-0.4, -0.2) is 19.9 Å². The van der Waals surface area contributed by atoms with Crippen LogP contribution in [0.5, 0.6) is 0 Å². The molecule has 2 rings (SSSR count). The molecule has 0 saturated carbocycles. The van der Waals surface area contributed by atoms with Crippen LogP contribution in [0, 0.1) is 13.8 Å². The average molecular weight is 275 g/mol. The van der Waals surface area contributed by atoms with Crippen LogP contribution < -0.4 is 5.73 Å². The maximum atomic E-state index is 12.4. The molecule has 0 radical (unpaired) electrons. The van der Waals surface area contributed by atoms with Crippen molar-refractivity contribution < 1.29 is 17.7 Å². The molecule has 2 aromatic heterocycles. The monoisotopic (exact) mass is 275 g/mol. The minimum Gasteiger partial charge on any atom is -0.329 e. The quantitative estimate of drug-likeness (QED) is 0.897. The number of alkyl halides is 3. The van der Waals surface area contributed by atoms with Crippen molar-refractivity contribution in [2.45, 2.75) is 26.1 Å². The van der Waals surface area contributed by atoms with Crippen molar-refractivity contribution in [1.29, 1.82) is 0 Å². The summed E-state index contributed by atoms with van der Waals surface area (Å²) >= 11 is 0. The van der Waals surface area contributed by atoms with Gasteiger partial charge >= 0.3 is 12.1 Å². The number of aryl methyl sites for hydroxylation is 2. The van der Waals surface area contributed by atoms with Crippen LogP contribution in [0.2, 0.25) is 0 Å². The molecule has 2 aromatic rings. The molecule has 0 aromatic carbocycles. The summed E-state index contributed by atoms with van der Waals surface area (Å²) < 4.78 is 42.9. The zero-order valence-electron chi connectivity index (χ0n) is 10.5. The molecule has 0 saturated heterocycles. The summed E-state index contributed by atoms with van der Waals surface area (Å²) in [6.45, 7) is 3.48. The first-order chi connectivity index (χ1) is 8.71. The van der Waals surface area contributed by atoms with Gasteiger partial charge in [0, 0.05) is 18.3 Å². The van der Waals surface area contributed by atoms with Gasteiger partial charge in [-0.15, -0.1) is 0 Å². The Morgan fingerprint density at radius 3 is 2.37 bits per heavy atom. The molecule has 104 valence electrons. The summed E-state index contributed by atoms with van der Waals surface area (Å²) in [5, 5.41) is 7.42. The lowest BCUT2D eigenvalue weighted by Crippen LogP contribution is -2.16. The lowest BCUT2D eigenvalue weighted by Gasteiger charge is -2.07. The topological polar surface area (TPSA) is 82.8 Å². The number of rotatable bonds is 2. The number of halogens is 3. The van der Waals surface area contributed by atoms with E-state index in [1.807, 2.05) is 0 Å². The lowest BCUT2D eigenvalue weighted by atomic mass is 10.1. The maximum Gasteiger partial charge on any atom is 0.471 e. The van der Waals surface area contributed by atoms with Crippen LogP contribution in [0.1, 0.15) is 34.7 Å². The third kappa shape index (κ3) is 2.33. The van der Waals surface area contributed by atoms with E-state index < -0.39 is 18.1 Å². The Morgan fingerprint density at radius 2 is 1.95 bits per heavy atom. The molecule has 2 heterocycles. The van der Waals surface area contributed by atoms with Crippen LogP contribution in [0.3, 0.4) is 0 Å². The highest BCUT2D eigenvalue weighted by atomic mass is 19.4. The summed E-state index contributed by atoms with van der Waals surface area (Å²) in [6, 6.07) is -0.909. The second-order valence-electron chi connectivity index (χ2n) is 4.14. The molecule has 0 spiro atoms. The highest BCUT2D eigenvalue weighted by Crippen LogP contribution is 2.30. The van der Waals surface area contributed by atoms with Gasteiger partial charge in [-0.1, -0.05) is 5.16 Å². The normalized spacial score (nSPS) is 13.8. The van der Waals surface area contributed by atoms with Crippen molar-refractivity contribution >= 4 is 0 Å². The first-order valence-electron chi connectivity index (χ1n) is 5.38. The van der Waals surface area contributed by atoms with E-state index >= 15 is 0 Å². The smallest absolute Gasteiger partial charge is 0.329 e. The van der Waals surface area contributed by atoms with Gasteiger partial charge in [0.15, 0.2) is 5.82 Å². The molecule has 1 atom stereocenters. The molecule has 2 N–H and O–H groups in total. The Bertz CT molecular complexity index is 601. The highest BCUT2D eigenvalue weighted by molar-refractivity contribution is 5.31. The molecule has 9 heteroatoms. The fraction of sp³-hybridized carbons (Fsp3) is 0.500. The summed E-state index contributed by atoms with van der Waals surface area (Å²) in [5.74, 6) is -1.62. The molecule has 6 nitrogen and oxygen atoms in total. The lowest BCUT2D eigenvalue weighted by molar-refractivity contribution is -0.159. The third-order valence-electron chi connectivity index (χ3n) is 2.84. The SMILES string of the molecule is Cc1nn(C)c(C)c1C(N)c1noc(C(F)(F)F)n1. The molecule has 1 unspecified atom stereocenters. The molecule has 0 fully saturated rings. The van der Waals surface area contributed by atoms with Gasteiger partial charge in [-0.2, -0.15) is 23.3 Å². The summed E-state index contributed by atoms with van der Waals surface area (Å²) in [4.78, 5) is 3.28. The van der Waals surface area contributed by atoms with Gasteiger partial charge < -0.3 is 10.3 Å². The van der Waals surface area contributed by atoms with Gasteiger partial charge in [0.1, 0.15) is 0 Å². The molecule has 0 amide bonds. The Hall–Kier alpha value is -1.90. The van der Waals surface area contributed by atoms with E-state index in [1.165, 1.54) is 0 Å². The minimum atomic E-state index is -4.68. The number of nitrogens with two attached hydrogens (primary N) is 1. The Labute approximate surface area is 106 Å². The second-order valence-corrected chi connectivity index (χ2v) is 4.14. The van der Waals surface area contributed by atoms with E-state index in [2.05, 4.69) is 19.8 Å². The van der Waals surface area contributed by atoms with Gasteiger partial charge in [-0.05, 0) is 13.8 Å². The zero-order valence-corrected chi connectivity index (χ0v) is 10.5. The van der Waals surface area contributed by atoms with E-state index in [-0.39, 0.29) is 5.82 Å². The van der Waals surface area contributed by atoms with Gasteiger partial charge in [-0.25, -0.2) is 0 Å². The second kappa shape index (κ2) is 4.34. The number of hydrogen-bond donors (Lipinski definition) is 1. The Morgan fingerprint density at radius 1 is 1.32 bits per heavy atom. The molecule has 0 aliphatic carbocycles. The maximum absolute atomic E-state index is 12.4. The number of nitrogens with zero attached hydrogens (tertiary/aromatic N) is 4. The fourth-order valence-electron chi connectivity index (χ4n) is 1.85. The van der Waals surface area contributed by atoms with Crippen molar-refractivity contribution in [3.05, 3.63) is 28.7 Å². The standard InChI is InChI=1S/C10H12F3N5O/c1-4-6(5(2)18(3)16-4)7(14)8-15-9(19-17-8)10(11,12)13/h7H,14H2,1-3H3. The van der Waals surface area contributed by atoms with Gasteiger partial charge in [0.2, 0.25) is 0 Å². The number of hydrogen-bond acceptors (Lipinski definition) is 5. The van der Waals surface area contributed by atoms with Crippen LogP contribution in [-0.2, 0) is 13.2 Å². The predicted octanol–water partition coefficient (Wildman–Crippen LogP) is 1.49. The Kier molecular flexibility index (Phi) is 3.09. The van der Waals surface area contributed by atoms with Crippen molar-refractivity contribution in [2.24, 2.45) is 12.8 Å². The fourth-order valence-corrected chi connectivity index (χ4v) is 1.85. The molecular formula is C10H12F3N5O. The summed E-state index contributed by atoms with van der Waals surface area (Å²) in [7, 11) is 1.72. The van der Waals surface area contributed by atoms with E-state index in [0.717, 1.165) is 5.69 Å². The van der Waals surface area contributed by atoms with Crippen molar-refractivity contribution in [3.8, 4) is 0 Å². The highest BCUT2D eigenvalue weighted by Gasteiger charge is 2.39. The van der Waals surface area contributed by atoms with E-state index in [9.17, 15) is 13.2 Å². The van der Waals surface area contributed by atoms with Crippen LogP contribution in [0.15, 0.2) is 4.52 Å². The predicted molar refractivity (Wildman–Crippen MR) is 58.0 cm³/mol. The summed E-state index contributed by atoms with van der Waals surface area (Å²) in [5.41, 5.74) is 7.83. The van der Waals surface area contributed by atoms with Crippen LogP contribution in [0.25, 0.3) is 0 Å². The van der Waals surface area contributed by atoms with Crippen molar-refractivity contribution in [2.75, 3.05) is 0 Å². The molecule has 0 aliphatic rings. The van der Waals surface area contributed by atoms with Gasteiger partial charge in [-0.3, -0.25) is 4.68 Å². The molecule has 0 aliphatic heterocycles. The van der Waals surface area contributed by atoms with Crippen molar-refractivity contribution in [1.82, 2.24) is 19.9 Å².